The van der Waals surface area contributed by atoms with Crippen molar-refractivity contribution in [2.45, 2.75) is 25.2 Å². The highest BCUT2D eigenvalue weighted by atomic mass is 16.5. The zero-order valence-electron chi connectivity index (χ0n) is 13.9. The number of para-hydroxylation sites is 1. The van der Waals surface area contributed by atoms with E-state index < -0.39 is 5.97 Å². The van der Waals surface area contributed by atoms with Crippen LogP contribution in [0.15, 0.2) is 48.5 Å². The number of rotatable bonds is 6. The van der Waals surface area contributed by atoms with Gasteiger partial charge in [0, 0.05) is 13.0 Å². The Morgan fingerprint density at radius 2 is 1.88 bits per heavy atom. The predicted molar refractivity (Wildman–Crippen MR) is 94.0 cm³/mol. The molecule has 2 aromatic rings. The number of carbonyl (C=O) groups excluding carboxylic acids is 1. The molecule has 5 heteroatoms. The molecule has 0 unspecified atom stereocenters. The van der Waals surface area contributed by atoms with Gasteiger partial charge in [0.05, 0.1) is 12.2 Å². The fourth-order valence-corrected chi connectivity index (χ4v) is 3.08. The first kappa shape index (κ1) is 17.0. The lowest BCUT2D eigenvalue weighted by Crippen LogP contribution is -2.28. The van der Waals surface area contributed by atoms with Crippen LogP contribution < -0.4 is 10.1 Å². The van der Waals surface area contributed by atoms with E-state index in [4.69, 9.17) is 9.84 Å². The fourth-order valence-electron chi connectivity index (χ4n) is 3.08. The van der Waals surface area contributed by atoms with Gasteiger partial charge >= 0.3 is 5.97 Å². The lowest BCUT2D eigenvalue weighted by atomic mass is 9.90. The molecule has 2 N–H and O–H groups in total. The van der Waals surface area contributed by atoms with Gasteiger partial charge < -0.3 is 15.2 Å². The van der Waals surface area contributed by atoms with Gasteiger partial charge in [-0.15, -0.1) is 0 Å². The lowest BCUT2D eigenvalue weighted by molar-refractivity contribution is -0.121. The molecule has 5 nitrogen and oxygen atoms in total. The number of benzene rings is 2. The molecule has 0 aliphatic carbocycles. The third-order valence-electron chi connectivity index (χ3n) is 4.45. The summed E-state index contributed by atoms with van der Waals surface area (Å²) in [7, 11) is 0. The molecule has 0 bridgehead atoms. The Bertz CT molecular complexity index is 755. The molecule has 0 fully saturated rings. The van der Waals surface area contributed by atoms with Gasteiger partial charge in [0.25, 0.3) is 0 Å². The number of hydrogen-bond donors (Lipinski definition) is 2. The van der Waals surface area contributed by atoms with E-state index in [2.05, 4.69) is 5.32 Å². The minimum absolute atomic E-state index is 0.0314. The number of nitrogens with one attached hydrogen (secondary N) is 1. The summed E-state index contributed by atoms with van der Waals surface area (Å²) in [4.78, 5) is 23.1. The Morgan fingerprint density at radius 1 is 1.12 bits per heavy atom. The maximum Gasteiger partial charge on any atom is 0.335 e. The van der Waals surface area contributed by atoms with Crippen molar-refractivity contribution in [1.29, 1.82) is 0 Å². The van der Waals surface area contributed by atoms with Gasteiger partial charge in [-0.3, -0.25) is 4.79 Å². The average molecular weight is 339 g/mol. The van der Waals surface area contributed by atoms with Crippen LogP contribution in [0.5, 0.6) is 5.75 Å². The molecular formula is C20H21NO4. The van der Waals surface area contributed by atoms with Crippen molar-refractivity contribution >= 4 is 11.9 Å². The van der Waals surface area contributed by atoms with Gasteiger partial charge in [0.15, 0.2) is 0 Å². The summed E-state index contributed by atoms with van der Waals surface area (Å²) in [5.74, 6) is 0.172. The Hall–Kier alpha value is -2.82. The summed E-state index contributed by atoms with van der Waals surface area (Å²) in [5, 5.41) is 11.8. The zero-order valence-corrected chi connectivity index (χ0v) is 13.9. The average Bonchev–Trinajstić information content (AvgIpc) is 2.62. The lowest BCUT2D eigenvalue weighted by Gasteiger charge is -2.25. The van der Waals surface area contributed by atoms with Crippen molar-refractivity contribution in [3.05, 3.63) is 65.2 Å². The molecule has 130 valence electrons. The SMILES string of the molecule is O=C(C[C@@H]1CCOc2ccccc21)NCCc1ccc(C(=O)O)cc1. The number of amides is 1. The van der Waals surface area contributed by atoms with Crippen molar-refractivity contribution in [3.63, 3.8) is 0 Å². The molecular weight excluding hydrogens is 318 g/mol. The number of carbonyl (C=O) groups is 2. The van der Waals surface area contributed by atoms with Crippen LogP contribution in [0.3, 0.4) is 0 Å². The van der Waals surface area contributed by atoms with E-state index in [-0.39, 0.29) is 17.4 Å². The van der Waals surface area contributed by atoms with Gasteiger partial charge in [-0.2, -0.15) is 0 Å². The van der Waals surface area contributed by atoms with Crippen LogP contribution in [-0.2, 0) is 11.2 Å². The fraction of sp³-hybridized carbons (Fsp3) is 0.300. The van der Waals surface area contributed by atoms with Crippen LogP contribution >= 0.6 is 0 Å². The van der Waals surface area contributed by atoms with Crippen molar-refractivity contribution in [3.8, 4) is 5.75 Å². The van der Waals surface area contributed by atoms with Crippen LogP contribution in [0.4, 0.5) is 0 Å². The molecule has 1 aliphatic heterocycles. The Labute approximate surface area is 146 Å². The number of carboxylic acid groups (broad SMARTS) is 1. The molecule has 1 heterocycles. The Kier molecular flexibility index (Phi) is 5.33. The van der Waals surface area contributed by atoms with Crippen molar-refractivity contribution < 1.29 is 19.4 Å². The van der Waals surface area contributed by atoms with E-state index >= 15 is 0 Å². The maximum absolute atomic E-state index is 12.2. The second kappa shape index (κ2) is 7.83. The molecule has 0 spiro atoms. The second-order valence-corrected chi connectivity index (χ2v) is 6.18. The quantitative estimate of drug-likeness (QED) is 0.848. The summed E-state index contributed by atoms with van der Waals surface area (Å²) in [5.41, 5.74) is 2.38. The first-order valence-electron chi connectivity index (χ1n) is 8.44. The highest BCUT2D eigenvalue weighted by Crippen LogP contribution is 2.35. The number of aromatic carboxylic acids is 1. The van der Waals surface area contributed by atoms with E-state index in [0.29, 0.717) is 26.0 Å². The summed E-state index contributed by atoms with van der Waals surface area (Å²) < 4.78 is 5.63. The highest BCUT2D eigenvalue weighted by molar-refractivity contribution is 5.87. The third kappa shape index (κ3) is 4.38. The molecule has 0 radical (unpaired) electrons. The first-order chi connectivity index (χ1) is 12.1. The molecule has 0 saturated carbocycles. The van der Waals surface area contributed by atoms with Crippen LogP contribution in [0.1, 0.15) is 40.2 Å². The molecule has 1 amide bonds. The van der Waals surface area contributed by atoms with Gasteiger partial charge in [0.2, 0.25) is 5.91 Å². The molecule has 0 aromatic heterocycles. The number of carboxylic acids is 1. The zero-order chi connectivity index (χ0) is 17.6. The van der Waals surface area contributed by atoms with Crippen LogP contribution in [0.2, 0.25) is 0 Å². The Morgan fingerprint density at radius 3 is 2.64 bits per heavy atom. The van der Waals surface area contributed by atoms with Crippen molar-refractivity contribution in [2.75, 3.05) is 13.2 Å². The van der Waals surface area contributed by atoms with Crippen LogP contribution in [0.25, 0.3) is 0 Å². The largest absolute Gasteiger partial charge is 0.493 e. The van der Waals surface area contributed by atoms with E-state index in [1.807, 2.05) is 24.3 Å². The normalized spacial score (nSPS) is 15.8. The molecule has 2 aromatic carbocycles. The summed E-state index contributed by atoms with van der Waals surface area (Å²) >= 11 is 0. The number of hydrogen-bond acceptors (Lipinski definition) is 3. The molecule has 3 rings (SSSR count). The topological polar surface area (TPSA) is 75.6 Å². The third-order valence-corrected chi connectivity index (χ3v) is 4.45. The van der Waals surface area contributed by atoms with Gasteiger partial charge in [-0.05, 0) is 48.1 Å². The highest BCUT2D eigenvalue weighted by Gasteiger charge is 2.23. The number of ether oxygens (including phenoxy) is 1. The first-order valence-corrected chi connectivity index (χ1v) is 8.44. The smallest absolute Gasteiger partial charge is 0.335 e. The van der Waals surface area contributed by atoms with E-state index in [1.165, 1.54) is 0 Å². The predicted octanol–water partition coefficient (Wildman–Crippen LogP) is 3.00. The molecule has 1 aliphatic rings. The van der Waals surface area contributed by atoms with Gasteiger partial charge in [0.1, 0.15) is 5.75 Å². The van der Waals surface area contributed by atoms with E-state index in [9.17, 15) is 9.59 Å². The Balaban J connectivity index is 1.48. The second-order valence-electron chi connectivity index (χ2n) is 6.18. The summed E-state index contributed by atoms with van der Waals surface area (Å²) in [6.07, 6.45) is 1.98. The van der Waals surface area contributed by atoms with E-state index in [0.717, 1.165) is 23.3 Å². The standard InChI is InChI=1S/C20H21NO4/c22-19(13-16-10-12-25-18-4-2-1-3-17(16)18)21-11-9-14-5-7-15(8-6-14)20(23)24/h1-8,16H,9-13H2,(H,21,22)(H,23,24)/t16-/m0/s1. The van der Waals surface area contributed by atoms with Crippen LogP contribution in [0, 0.1) is 0 Å². The summed E-state index contributed by atoms with van der Waals surface area (Å²) in [6.45, 7) is 1.18. The van der Waals surface area contributed by atoms with Gasteiger partial charge in [-0.1, -0.05) is 30.3 Å². The molecule has 0 saturated heterocycles. The van der Waals surface area contributed by atoms with Gasteiger partial charge in [-0.25, -0.2) is 4.79 Å². The number of fused-ring (bicyclic) bond motifs is 1. The summed E-state index contributed by atoms with van der Waals surface area (Å²) in [6, 6.07) is 14.6. The molecule has 1 atom stereocenters. The minimum atomic E-state index is -0.934. The maximum atomic E-state index is 12.2. The van der Waals surface area contributed by atoms with Crippen molar-refractivity contribution in [2.24, 2.45) is 0 Å². The van der Waals surface area contributed by atoms with Crippen molar-refractivity contribution in [1.82, 2.24) is 5.32 Å². The molecule has 25 heavy (non-hydrogen) atoms. The minimum Gasteiger partial charge on any atom is -0.493 e. The monoisotopic (exact) mass is 339 g/mol. The van der Waals surface area contributed by atoms with E-state index in [1.54, 1.807) is 24.3 Å². The van der Waals surface area contributed by atoms with Crippen LogP contribution in [-0.4, -0.2) is 30.1 Å².